The topological polar surface area (TPSA) is 66.5 Å². The van der Waals surface area contributed by atoms with E-state index in [1.165, 1.54) is 10.6 Å². The van der Waals surface area contributed by atoms with Crippen molar-refractivity contribution in [1.82, 2.24) is 5.32 Å². The maximum atomic E-state index is 12.7. The summed E-state index contributed by atoms with van der Waals surface area (Å²) in [5.41, 5.74) is 4.02. The van der Waals surface area contributed by atoms with Crippen LogP contribution in [0.3, 0.4) is 0 Å². The molecule has 3 aromatic carbocycles. The van der Waals surface area contributed by atoms with Gasteiger partial charge in [-0.05, 0) is 54.3 Å². The van der Waals surface area contributed by atoms with Crippen LogP contribution < -0.4 is 9.62 Å². The van der Waals surface area contributed by atoms with Crippen molar-refractivity contribution in [2.75, 3.05) is 10.6 Å². The Hall–Kier alpha value is -3.12. The van der Waals surface area contributed by atoms with E-state index in [1.807, 2.05) is 62.4 Å². The van der Waals surface area contributed by atoms with Crippen molar-refractivity contribution in [2.24, 2.45) is 0 Å². The Morgan fingerprint density at radius 1 is 0.968 bits per heavy atom. The first-order valence-corrected chi connectivity index (χ1v) is 12.1. The zero-order valence-corrected chi connectivity index (χ0v) is 18.9. The van der Waals surface area contributed by atoms with Crippen molar-refractivity contribution in [3.05, 3.63) is 101 Å². The van der Waals surface area contributed by atoms with Crippen LogP contribution in [0, 0.1) is 6.92 Å². The molecule has 0 aromatic heterocycles. The molecule has 3 rings (SSSR count). The van der Waals surface area contributed by atoms with Gasteiger partial charge in [-0.1, -0.05) is 61.5 Å². The van der Waals surface area contributed by atoms with Crippen LogP contribution in [0.25, 0.3) is 0 Å². The Balaban J connectivity index is 1.75. The van der Waals surface area contributed by atoms with Crippen LogP contribution in [0.5, 0.6) is 0 Å². The number of nitrogens with one attached hydrogen (secondary N) is 1. The van der Waals surface area contributed by atoms with Crippen molar-refractivity contribution in [3.63, 3.8) is 0 Å². The number of rotatable bonds is 8. The van der Waals surface area contributed by atoms with Gasteiger partial charge in [-0.2, -0.15) is 0 Å². The largest absolute Gasteiger partial charge is 0.345 e. The Morgan fingerprint density at radius 2 is 1.65 bits per heavy atom. The molecule has 0 saturated carbocycles. The van der Waals surface area contributed by atoms with Crippen LogP contribution >= 0.6 is 0 Å². The van der Waals surface area contributed by atoms with Gasteiger partial charge in [0, 0.05) is 5.56 Å². The molecule has 0 aliphatic heterocycles. The summed E-state index contributed by atoms with van der Waals surface area (Å²) in [4.78, 5) is 12.7. The minimum absolute atomic E-state index is 0.0598. The van der Waals surface area contributed by atoms with Crippen LogP contribution in [0.1, 0.15) is 46.4 Å². The normalized spacial score (nSPS) is 12.2. The second kappa shape index (κ2) is 9.79. The van der Waals surface area contributed by atoms with E-state index in [0.29, 0.717) is 11.3 Å². The molecule has 0 aliphatic carbocycles. The molecule has 5 nitrogen and oxygen atoms in total. The van der Waals surface area contributed by atoms with Crippen molar-refractivity contribution in [3.8, 4) is 0 Å². The highest BCUT2D eigenvalue weighted by Gasteiger charge is 2.19. The highest BCUT2D eigenvalue weighted by atomic mass is 32.2. The molecule has 0 heterocycles. The van der Waals surface area contributed by atoms with Crippen molar-refractivity contribution in [1.29, 1.82) is 0 Å². The fourth-order valence-corrected chi connectivity index (χ4v) is 4.34. The fraction of sp³-hybridized carbons (Fsp3) is 0.240. The molecule has 31 heavy (non-hydrogen) atoms. The molecule has 162 valence electrons. The molecule has 6 heteroatoms. The van der Waals surface area contributed by atoms with Crippen molar-refractivity contribution < 1.29 is 13.2 Å². The van der Waals surface area contributed by atoms with Crippen molar-refractivity contribution in [2.45, 2.75) is 32.9 Å². The van der Waals surface area contributed by atoms with Crippen LogP contribution in [0.4, 0.5) is 5.69 Å². The minimum atomic E-state index is -3.46. The summed E-state index contributed by atoms with van der Waals surface area (Å²) < 4.78 is 26.1. The summed E-state index contributed by atoms with van der Waals surface area (Å²) in [6.45, 7) is 4.16. The van der Waals surface area contributed by atoms with E-state index >= 15 is 0 Å². The third kappa shape index (κ3) is 5.95. The molecular formula is C25H28N2O3S. The third-order valence-electron chi connectivity index (χ3n) is 5.15. The standard InChI is InChI=1S/C25H28N2O3S/c1-4-24(21-10-6-5-7-11-21)26-25(28)22-15-13-20(14-16-22)18-27(31(3,29)30)23-12-8-9-19(2)17-23/h5-17,24H,4,18H2,1-3H3,(H,26,28). The van der Waals surface area contributed by atoms with Crippen molar-refractivity contribution >= 4 is 21.6 Å². The number of hydrogen-bond acceptors (Lipinski definition) is 3. The lowest BCUT2D eigenvalue weighted by molar-refractivity contribution is 0.0935. The average molecular weight is 437 g/mol. The molecule has 0 bridgehead atoms. The molecule has 1 atom stereocenters. The smallest absolute Gasteiger partial charge is 0.251 e. The van der Waals surface area contributed by atoms with E-state index in [1.54, 1.807) is 30.3 Å². The first-order valence-electron chi connectivity index (χ1n) is 10.3. The zero-order valence-electron chi connectivity index (χ0n) is 18.1. The van der Waals surface area contributed by atoms with E-state index in [2.05, 4.69) is 5.32 Å². The van der Waals surface area contributed by atoms with E-state index < -0.39 is 10.0 Å². The average Bonchev–Trinajstić information content (AvgIpc) is 2.76. The quantitative estimate of drug-likeness (QED) is 0.549. The van der Waals surface area contributed by atoms with Crippen LogP contribution in [-0.2, 0) is 16.6 Å². The van der Waals surface area contributed by atoms with Gasteiger partial charge >= 0.3 is 0 Å². The second-order valence-corrected chi connectivity index (χ2v) is 9.56. The number of anilines is 1. The molecule has 1 unspecified atom stereocenters. The summed E-state index contributed by atoms with van der Waals surface area (Å²) in [6.07, 6.45) is 1.99. The van der Waals surface area contributed by atoms with Gasteiger partial charge in [-0.15, -0.1) is 0 Å². The summed E-state index contributed by atoms with van der Waals surface area (Å²) in [5.74, 6) is -0.152. The summed E-state index contributed by atoms with van der Waals surface area (Å²) in [5, 5.41) is 3.07. The van der Waals surface area contributed by atoms with Crippen LogP contribution in [-0.4, -0.2) is 20.6 Å². The Kier molecular flexibility index (Phi) is 7.13. The van der Waals surface area contributed by atoms with E-state index in [0.717, 1.165) is 23.1 Å². The summed E-state index contributed by atoms with van der Waals surface area (Å²) in [7, 11) is -3.46. The predicted octanol–water partition coefficient (Wildman–Crippen LogP) is 4.84. The molecule has 0 saturated heterocycles. The number of aryl methyl sites for hydroxylation is 1. The maximum absolute atomic E-state index is 12.7. The molecule has 0 spiro atoms. The maximum Gasteiger partial charge on any atom is 0.251 e. The Bertz CT molecular complexity index is 1130. The van der Waals surface area contributed by atoms with Gasteiger partial charge in [0.05, 0.1) is 24.5 Å². The van der Waals surface area contributed by atoms with Gasteiger partial charge in [0.25, 0.3) is 5.91 Å². The zero-order chi connectivity index (χ0) is 22.4. The molecule has 0 radical (unpaired) electrons. The number of nitrogens with zero attached hydrogens (tertiary/aromatic N) is 1. The van der Waals surface area contributed by atoms with Crippen LogP contribution in [0.15, 0.2) is 78.9 Å². The number of sulfonamides is 1. The van der Waals surface area contributed by atoms with Gasteiger partial charge in [0.2, 0.25) is 10.0 Å². The molecule has 1 N–H and O–H groups in total. The Labute approximate surface area is 184 Å². The van der Waals surface area contributed by atoms with E-state index in [9.17, 15) is 13.2 Å². The SMILES string of the molecule is CCC(NC(=O)c1ccc(CN(c2cccc(C)c2)S(C)(=O)=O)cc1)c1ccccc1. The monoisotopic (exact) mass is 436 g/mol. The fourth-order valence-electron chi connectivity index (χ4n) is 3.46. The first kappa shape index (κ1) is 22.6. The molecule has 0 fully saturated rings. The lowest BCUT2D eigenvalue weighted by Gasteiger charge is -2.23. The van der Waals surface area contributed by atoms with Gasteiger partial charge in [0.15, 0.2) is 0 Å². The third-order valence-corrected chi connectivity index (χ3v) is 6.29. The lowest BCUT2D eigenvalue weighted by atomic mass is 10.0. The van der Waals surface area contributed by atoms with Gasteiger partial charge in [-0.25, -0.2) is 8.42 Å². The van der Waals surface area contributed by atoms with Gasteiger partial charge in [0.1, 0.15) is 0 Å². The molecule has 1 amide bonds. The summed E-state index contributed by atoms with van der Waals surface area (Å²) >= 11 is 0. The molecule has 3 aromatic rings. The Morgan fingerprint density at radius 3 is 2.23 bits per heavy atom. The summed E-state index contributed by atoms with van der Waals surface area (Å²) in [6, 6.07) is 24.3. The second-order valence-electron chi connectivity index (χ2n) is 7.65. The van der Waals surface area contributed by atoms with E-state index in [4.69, 9.17) is 0 Å². The molecule has 0 aliphatic rings. The highest BCUT2D eigenvalue weighted by molar-refractivity contribution is 7.92. The minimum Gasteiger partial charge on any atom is -0.345 e. The predicted molar refractivity (Wildman–Crippen MR) is 126 cm³/mol. The number of benzene rings is 3. The number of amides is 1. The number of carbonyl (C=O) groups excluding carboxylic acids is 1. The lowest BCUT2D eigenvalue weighted by Crippen LogP contribution is -2.29. The van der Waals surface area contributed by atoms with Gasteiger partial charge < -0.3 is 5.32 Å². The van der Waals surface area contributed by atoms with Gasteiger partial charge in [-0.3, -0.25) is 9.10 Å². The number of hydrogen-bond donors (Lipinski definition) is 1. The molecular weight excluding hydrogens is 408 g/mol. The first-order chi connectivity index (χ1) is 14.8. The van der Waals surface area contributed by atoms with E-state index in [-0.39, 0.29) is 18.5 Å². The highest BCUT2D eigenvalue weighted by Crippen LogP contribution is 2.22. The number of carbonyl (C=O) groups is 1. The van der Waals surface area contributed by atoms with Crippen LogP contribution in [0.2, 0.25) is 0 Å².